The van der Waals surface area contributed by atoms with Crippen molar-refractivity contribution in [3.63, 3.8) is 0 Å². The molecule has 3 aromatic rings. The third-order valence-corrected chi connectivity index (χ3v) is 5.02. The van der Waals surface area contributed by atoms with E-state index in [0.29, 0.717) is 12.3 Å². The number of aromatic nitrogens is 2. The van der Waals surface area contributed by atoms with Crippen molar-refractivity contribution < 1.29 is 9.53 Å². The number of imidazole rings is 1. The summed E-state index contributed by atoms with van der Waals surface area (Å²) < 4.78 is 5.19. The van der Waals surface area contributed by atoms with E-state index in [1.165, 1.54) is 17.3 Å². The Bertz CT molecular complexity index is 893. The number of benzene rings is 2. The van der Waals surface area contributed by atoms with Crippen LogP contribution in [0.3, 0.4) is 0 Å². The molecular formula is C21H23N3O2S. The van der Waals surface area contributed by atoms with E-state index in [2.05, 4.69) is 27.4 Å². The van der Waals surface area contributed by atoms with Crippen LogP contribution in [0.15, 0.2) is 59.8 Å². The summed E-state index contributed by atoms with van der Waals surface area (Å²) in [4.78, 5) is 20.0. The first-order chi connectivity index (χ1) is 13.1. The van der Waals surface area contributed by atoms with Crippen molar-refractivity contribution >= 4 is 17.7 Å². The standard InChI is InChI=1S/C21H23N3O2S/c1-15-19(12-16-7-4-3-5-8-16)24-21(23-15)27-14-20(25)22-13-17-9-6-10-18(11-17)26-2/h3-11H,12-14H2,1-2H3,(H,22,25)(H,23,24). The van der Waals surface area contributed by atoms with Crippen LogP contribution in [-0.2, 0) is 17.8 Å². The van der Waals surface area contributed by atoms with Gasteiger partial charge in [-0.1, -0.05) is 54.2 Å². The lowest BCUT2D eigenvalue weighted by Gasteiger charge is -2.06. The highest BCUT2D eigenvalue weighted by Crippen LogP contribution is 2.19. The van der Waals surface area contributed by atoms with E-state index in [4.69, 9.17) is 4.74 Å². The van der Waals surface area contributed by atoms with Gasteiger partial charge in [-0.25, -0.2) is 4.98 Å². The number of methoxy groups -OCH3 is 1. The van der Waals surface area contributed by atoms with E-state index >= 15 is 0 Å². The number of aromatic amines is 1. The predicted octanol–water partition coefficient (Wildman–Crippen LogP) is 3.73. The predicted molar refractivity (Wildman–Crippen MR) is 108 cm³/mol. The van der Waals surface area contributed by atoms with Crippen molar-refractivity contribution in [2.45, 2.75) is 25.0 Å². The average Bonchev–Trinajstić information content (AvgIpc) is 3.05. The van der Waals surface area contributed by atoms with E-state index < -0.39 is 0 Å². The number of carbonyl (C=O) groups excluding carboxylic acids is 1. The summed E-state index contributed by atoms with van der Waals surface area (Å²) in [5.74, 6) is 1.08. The van der Waals surface area contributed by atoms with Crippen LogP contribution in [0.4, 0.5) is 0 Å². The summed E-state index contributed by atoms with van der Waals surface area (Å²) in [6, 6.07) is 17.9. The van der Waals surface area contributed by atoms with Crippen LogP contribution in [0, 0.1) is 6.92 Å². The maximum Gasteiger partial charge on any atom is 0.230 e. The molecule has 0 bridgehead atoms. The number of hydrogen-bond donors (Lipinski definition) is 2. The van der Waals surface area contributed by atoms with Crippen LogP contribution < -0.4 is 10.1 Å². The number of nitrogens with zero attached hydrogens (tertiary/aromatic N) is 1. The summed E-state index contributed by atoms with van der Waals surface area (Å²) in [6.45, 7) is 2.49. The molecule has 140 valence electrons. The van der Waals surface area contributed by atoms with E-state index in [-0.39, 0.29) is 5.91 Å². The fourth-order valence-corrected chi connectivity index (χ4v) is 3.43. The lowest BCUT2D eigenvalue weighted by molar-refractivity contribution is -0.118. The molecule has 3 rings (SSSR count). The van der Waals surface area contributed by atoms with E-state index in [1.807, 2.05) is 49.4 Å². The molecule has 27 heavy (non-hydrogen) atoms. The van der Waals surface area contributed by atoms with Gasteiger partial charge in [-0.15, -0.1) is 0 Å². The molecule has 0 aliphatic rings. The minimum absolute atomic E-state index is 0.0264. The maximum absolute atomic E-state index is 12.1. The van der Waals surface area contributed by atoms with Crippen molar-refractivity contribution in [1.82, 2.24) is 15.3 Å². The van der Waals surface area contributed by atoms with Gasteiger partial charge in [0.1, 0.15) is 5.75 Å². The number of hydrogen-bond acceptors (Lipinski definition) is 4. The minimum atomic E-state index is -0.0264. The molecule has 0 unspecified atom stereocenters. The van der Waals surface area contributed by atoms with Gasteiger partial charge in [0, 0.05) is 18.7 Å². The summed E-state index contributed by atoms with van der Waals surface area (Å²) in [5.41, 5.74) is 4.28. The molecule has 5 nitrogen and oxygen atoms in total. The first kappa shape index (κ1) is 19.0. The molecule has 0 saturated carbocycles. The second kappa shape index (κ2) is 9.28. The first-order valence-corrected chi connectivity index (χ1v) is 9.74. The van der Waals surface area contributed by atoms with Crippen LogP contribution in [-0.4, -0.2) is 28.7 Å². The number of nitrogens with one attached hydrogen (secondary N) is 2. The minimum Gasteiger partial charge on any atom is -0.497 e. The quantitative estimate of drug-likeness (QED) is 0.584. The van der Waals surface area contributed by atoms with Crippen LogP contribution in [0.1, 0.15) is 22.5 Å². The Balaban J connectivity index is 1.49. The Morgan fingerprint density at radius 1 is 1.15 bits per heavy atom. The van der Waals surface area contributed by atoms with Crippen LogP contribution in [0.5, 0.6) is 5.75 Å². The highest BCUT2D eigenvalue weighted by atomic mass is 32.2. The number of thioether (sulfide) groups is 1. The summed E-state index contributed by atoms with van der Waals surface area (Å²) in [7, 11) is 1.63. The second-order valence-electron chi connectivity index (χ2n) is 6.19. The van der Waals surface area contributed by atoms with E-state index in [0.717, 1.165) is 34.3 Å². The van der Waals surface area contributed by atoms with Crippen molar-refractivity contribution in [2.75, 3.05) is 12.9 Å². The summed E-state index contributed by atoms with van der Waals surface area (Å²) in [5, 5.41) is 3.70. The molecule has 0 aliphatic carbocycles. The molecule has 6 heteroatoms. The van der Waals surface area contributed by atoms with Gasteiger partial charge >= 0.3 is 0 Å². The Labute approximate surface area is 163 Å². The SMILES string of the molecule is COc1cccc(CNC(=O)CSc2nc(Cc3ccccc3)c(C)[nH]2)c1. The molecule has 0 fully saturated rings. The topological polar surface area (TPSA) is 67.0 Å². The fourth-order valence-electron chi connectivity index (χ4n) is 2.66. The van der Waals surface area contributed by atoms with E-state index in [9.17, 15) is 4.79 Å². The number of rotatable bonds is 8. The molecule has 0 saturated heterocycles. The monoisotopic (exact) mass is 381 g/mol. The van der Waals surface area contributed by atoms with Crippen molar-refractivity contribution in [2.24, 2.45) is 0 Å². The van der Waals surface area contributed by atoms with Crippen molar-refractivity contribution in [3.8, 4) is 5.75 Å². The largest absolute Gasteiger partial charge is 0.497 e. The second-order valence-corrected chi connectivity index (χ2v) is 7.16. The zero-order valence-corrected chi connectivity index (χ0v) is 16.3. The molecule has 2 N–H and O–H groups in total. The lowest BCUT2D eigenvalue weighted by atomic mass is 10.1. The highest BCUT2D eigenvalue weighted by Gasteiger charge is 2.10. The normalized spacial score (nSPS) is 10.6. The van der Waals surface area contributed by atoms with Gasteiger partial charge in [-0.2, -0.15) is 0 Å². The number of carbonyl (C=O) groups is 1. The zero-order valence-electron chi connectivity index (χ0n) is 15.5. The maximum atomic E-state index is 12.1. The van der Waals surface area contributed by atoms with Gasteiger partial charge in [0.05, 0.1) is 18.6 Å². The Morgan fingerprint density at radius 3 is 2.70 bits per heavy atom. The third-order valence-electron chi connectivity index (χ3n) is 4.14. The molecule has 1 amide bonds. The van der Waals surface area contributed by atoms with Gasteiger partial charge in [0.25, 0.3) is 0 Å². The Hall–Kier alpha value is -2.73. The molecule has 0 radical (unpaired) electrons. The van der Waals surface area contributed by atoms with Gasteiger partial charge in [0.2, 0.25) is 5.91 Å². The molecule has 0 spiro atoms. The van der Waals surface area contributed by atoms with Crippen molar-refractivity contribution in [1.29, 1.82) is 0 Å². The Kier molecular flexibility index (Phi) is 6.54. The van der Waals surface area contributed by atoms with Crippen LogP contribution in [0.2, 0.25) is 0 Å². The molecule has 1 aromatic heterocycles. The van der Waals surface area contributed by atoms with Crippen molar-refractivity contribution in [3.05, 3.63) is 77.1 Å². The smallest absolute Gasteiger partial charge is 0.230 e. The molecule has 2 aromatic carbocycles. The fraction of sp³-hybridized carbons (Fsp3) is 0.238. The number of ether oxygens (including phenoxy) is 1. The Morgan fingerprint density at radius 2 is 1.93 bits per heavy atom. The first-order valence-electron chi connectivity index (χ1n) is 8.76. The molecule has 1 heterocycles. The van der Waals surface area contributed by atoms with Crippen LogP contribution in [0.25, 0.3) is 0 Å². The molecular weight excluding hydrogens is 358 g/mol. The summed E-state index contributed by atoms with van der Waals surface area (Å²) in [6.07, 6.45) is 0.784. The van der Waals surface area contributed by atoms with Crippen LogP contribution >= 0.6 is 11.8 Å². The zero-order chi connectivity index (χ0) is 19.1. The van der Waals surface area contributed by atoms with Gasteiger partial charge in [-0.3, -0.25) is 4.79 Å². The summed E-state index contributed by atoms with van der Waals surface area (Å²) >= 11 is 1.41. The number of aryl methyl sites for hydroxylation is 1. The average molecular weight is 382 g/mol. The molecule has 0 aliphatic heterocycles. The number of H-pyrrole nitrogens is 1. The van der Waals surface area contributed by atoms with Gasteiger partial charge in [0.15, 0.2) is 5.16 Å². The van der Waals surface area contributed by atoms with E-state index in [1.54, 1.807) is 7.11 Å². The van der Waals surface area contributed by atoms with Gasteiger partial charge < -0.3 is 15.0 Å². The lowest BCUT2D eigenvalue weighted by Crippen LogP contribution is -2.24. The highest BCUT2D eigenvalue weighted by molar-refractivity contribution is 7.99. The number of amides is 1. The van der Waals surface area contributed by atoms with Gasteiger partial charge in [-0.05, 0) is 30.2 Å². The third kappa shape index (κ3) is 5.62. The molecule has 0 atom stereocenters.